The Bertz CT molecular complexity index is 580. The molecule has 0 radical (unpaired) electrons. The summed E-state index contributed by atoms with van der Waals surface area (Å²) in [6.07, 6.45) is 1.81. The first-order valence-corrected chi connectivity index (χ1v) is 11.4. The van der Waals surface area contributed by atoms with Crippen molar-refractivity contribution in [1.29, 1.82) is 0 Å². The fourth-order valence-electron chi connectivity index (χ4n) is 1.70. The molecule has 0 aliphatic heterocycles. The first-order chi connectivity index (χ1) is 8.87. The van der Waals surface area contributed by atoms with E-state index in [0.717, 1.165) is 26.2 Å². The van der Waals surface area contributed by atoms with Gasteiger partial charge in [0, 0.05) is 18.3 Å². The van der Waals surface area contributed by atoms with Crippen molar-refractivity contribution in [2.24, 2.45) is 0 Å². The predicted octanol–water partition coefficient (Wildman–Crippen LogP) is 4.61. The summed E-state index contributed by atoms with van der Waals surface area (Å²) >= 11 is 8.32. The number of rotatable bonds is 5. The number of benzene rings is 1. The Kier molecular flexibility index (Phi) is 4.92. The molecule has 0 atom stereocenters. The molecule has 0 aliphatic carbocycles. The first-order valence-electron chi connectivity index (χ1n) is 6.24. The number of nitrogens with zero attached hydrogens (tertiary/aromatic N) is 2. The van der Waals surface area contributed by atoms with E-state index in [0.29, 0.717) is 6.73 Å². The van der Waals surface area contributed by atoms with Gasteiger partial charge in [-0.3, -0.25) is 0 Å². The van der Waals surface area contributed by atoms with Crippen LogP contribution in [0, 0.1) is 3.57 Å². The summed E-state index contributed by atoms with van der Waals surface area (Å²) in [6.45, 7) is 8.44. The topological polar surface area (TPSA) is 27.1 Å². The quantitative estimate of drug-likeness (QED) is 0.410. The zero-order valence-electron chi connectivity index (χ0n) is 11.4. The van der Waals surface area contributed by atoms with E-state index in [2.05, 4.69) is 47.2 Å². The van der Waals surface area contributed by atoms with Gasteiger partial charge in [-0.25, -0.2) is 4.98 Å². The highest BCUT2D eigenvalue weighted by Gasteiger charge is 2.12. The summed E-state index contributed by atoms with van der Waals surface area (Å²) in [6, 6.07) is 5.13. The summed E-state index contributed by atoms with van der Waals surface area (Å²) < 4.78 is 8.82. The van der Waals surface area contributed by atoms with Crippen LogP contribution < -0.4 is 0 Å². The van der Waals surface area contributed by atoms with Crippen LogP contribution in [0.3, 0.4) is 0 Å². The largest absolute Gasteiger partial charge is 0.361 e. The van der Waals surface area contributed by atoms with Gasteiger partial charge in [-0.2, -0.15) is 0 Å². The zero-order valence-corrected chi connectivity index (χ0v) is 15.3. The van der Waals surface area contributed by atoms with E-state index in [1.807, 2.05) is 23.0 Å². The Labute approximate surface area is 133 Å². The van der Waals surface area contributed by atoms with Gasteiger partial charge in [0.2, 0.25) is 0 Å². The van der Waals surface area contributed by atoms with Crippen LogP contribution in [0.5, 0.6) is 0 Å². The van der Waals surface area contributed by atoms with Crippen molar-refractivity contribution in [2.45, 2.75) is 32.4 Å². The highest BCUT2D eigenvalue weighted by atomic mass is 127. The number of aromatic nitrogens is 2. The minimum absolute atomic E-state index is 0.554. The zero-order chi connectivity index (χ0) is 14.0. The molecule has 0 bridgehead atoms. The van der Waals surface area contributed by atoms with Crippen LogP contribution in [0.4, 0.5) is 0 Å². The molecular formula is C13H18ClIN2OSi. The van der Waals surface area contributed by atoms with Gasteiger partial charge in [0.25, 0.3) is 0 Å². The molecule has 0 fully saturated rings. The standard InChI is InChI=1S/C13H18ClIN2OSi/c1-19(2,3)5-4-18-9-17-8-16-12-6-10(14)11(15)7-13(12)17/h6-8H,4-5,9H2,1-3H3. The van der Waals surface area contributed by atoms with E-state index in [9.17, 15) is 0 Å². The van der Waals surface area contributed by atoms with Crippen LogP contribution in [0.15, 0.2) is 18.5 Å². The average Bonchev–Trinajstić information content (AvgIpc) is 2.67. The molecule has 3 nitrogen and oxygen atoms in total. The van der Waals surface area contributed by atoms with E-state index >= 15 is 0 Å². The van der Waals surface area contributed by atoms with Gasteiger partial charge >= 0.3 is 0 Å². The third-order valence-corrected chi connectivity index (χ3v) is 6.12. The maximum Gasteiger partial charge on any atom is 0.124 e. The Morgan fingerprint density at radius 2 is 2.11 bits per heavy atom. The van der Waals surface area contributed by atoms with E-state index in [1.54, 1.807) is 0 Å². The molecule has 2 aromatic rings. The minimum atomic E-state index is -1.02. The van der Waals surface area contributed by atoms with Gasteiger partial charge in [-0.1, -0.05) is 31.2 Å². The molecule has 0 saturated heterocycles. The number of fused-ring (bicyclic) bond motifs is 1. The molecule has 0 saturated carbocycles. The van der Waals surface area contributed by atoms with Crippen molar-refractivity contribution >= 4 is 53.3 Å². The van der Waals surface area contributed by atoms with Gasteiger partial charge in [0.05, 0.1) is 22.4 Å². The molecule has 1 aromatic heterocycles. The van der Waals surface area contributed by atoms with Crippen LogP contribution in [0.1, 0.15) is 0 Å². The second kappa shape index (κ2) is 6.11. The van der Waals surface area contributed by atoms with Gasteiger partial charge < -0.3 is 9.30 Å². The van der Waals surface area contributed by atoms with Crippen molar-refractivity contribution < 1.29 is 4.74 Å². The lowest BCUT2D eigenvalue weighted by Gasteiger charge is -2.15. The second-order valence-electron chi connectivity index (χ2n) is 5.82. The Morgan fingerprint density at radius 3 is 2.79 bits per heavy atom. The van der Waals surface area contributed by atoms with Crippen molar-refractivity contribution in [3.63, 3.8) is 0 Å². The molecule has 0 amide bonds. The van der Waals surface area contributed by atoms with Crippen LogP contribution in [0.2, 0.25) is 30.7 Å². The van der Waals surface area contributed by atoms with Crippen LogP contribution in [-0.2, 0) is 11.5 Å². The fourth-order valence-corrected chi connectivity index (χ4v) is 3.06. The SMILES string of the molecule is C[Si](C)(C)CCOCn1cnc2cc(Cl)c(I)cc21. The summed E-state index contributed by atoms with van der Waals surface area (Å²) in [5.74, 6) is 0. The monoisotopic (exact) mass is 408 g/mol. The molecule has 1 aromatic carbocycles. The smallest absolute Gasteiger partial charge is 0.124 e. The van der Waals surface area contributed by atoms with Crippen LogP contribution in [-0.4, -0.2) is 24.2 Å². The highest BCUT2D eigenvalue weighted by molar-refractivity contribution is 14.1. The average molecular weight is 409 g/mol. The van der Waals surface area contributed by atoms with Crippen molar-refractivity contribution in [2.75, 3.05) is 6.61 Å². The van der Waals surface area contributed by atoms with Gasteiger partial charge in [-0.05, 0) is 40.8 Å². The van der Waals surface area contributed by atoms with Crippen molar-refractivity contribution in [3.05, 3.63) is 27.1 Å². The summed E-state index contributed by atoms with van der Waals surface area (Å²) in [5, 5.41) is 0.748. The van der Waals surface area contributed by atoms with Gasteiger partial charge in [0.15, 0.2) is 0 Å². The lowest BCUT2D eigenvalue weighted by atomic mass is 10.3. The normalized spacial score (nSPS) is 12.3. The molecule has 1 heterocycles. The van der Waals surface area contributed by atoms with Crippen LogP contribution in [0.25, 0.3) is 11.0 Å². The Balaban J connectivity index is 2.03. The Hall–Kier alpha value is -0.113. The van der Waals surface area contributed by atoms with E-state index < -0.39 is 8.07 Å². The van der Waals surface area contributed by atoms with Gasteiger partial charge in [-0.15, -0.1) is 0 Å². The highest BCUT2D eigenvalue weighted by Crippen LogP contribution is 2.24. The lowest BCUT2D eigenvalue weighted by Crippen LogP contribution is -2.21. The summed E-state index contributed by atoms with van der Waals surface area (Å²) in [4.78, 5) is 4.35. The molecule has 0 N–H and O–H groups in total. The molecule has 0 spiro atoms. The van der Waals surface area contributed by atoms with E-state index in [1.165, 1.54) is 6.04 Å². The Morgan fingerprint density at radius 1 is 1.37 bits per heavy atom. The van der Waals surface area contributed by atoms with E-state index in [4.69, 9.17) is 16.3 Å². The van der Waals surface area contributed by atoms with Crippen molar-refractivity contribution in [1.82, 2.24) is 9.55 Å². The maximum absolute atomic E-state index is 6.09. The van der Waals surface area contributed by atoms with Crippen LogP contribution >= 0.6 is 34.2 Å². The first kappa shape index (κ1) is 15.3. The third kappa shape index (κ3) is 4.17. The minimum Gasteiger partial charge on any atom is -0.361 e. The summed E-state index contributed by atoms with van der Waals surface area (Å²) in [7, 11) is -1.02. The molecule has 2 rings (SSSR count). The molecule has 19 heavy (non-hydrogen) atoms. The molecule has 0 aliphatic rings. The predicted molar refractivity (Wildman–Crippen MR) is 91.6 cm³/mol. The third-order valence-electron chi connectivity index (χ3n) is 2.89. The number of hydrogen-bond acceptors (Lipinski definition) is 2. The lowest BCUT2D eigenvalue weighted by molar-refractivity contribution is 0.0898. The summed E-state index contributed by atoms with van der Waals surface area (Å²) in [5.41, 5.74) is 1.99. The second-order valence-corrected chi connectivity index (χ2v) is 13.0. The number of halogens is 2. The molecule has 104 valence electrons. The fraction of sp³-hybridized carbons (Fsp3) is 0.462. The van der Waals surface area contributed by atoms with Crippen molar-refractivity contribution in [3.8, 4) is 0 Å². The van der Waals surface area contributed by atoms with Gasteiger partial charge in [0.1, 0.15) is 6.73 Å². The maximum atomic E-state index is 6.09. The number of ether oxygens (including phenoxy) is 1. The molecular weight excluding hydrogens is 391 g/mol. The molecule has 0 unspecified atom stereocenters. The van der Waals surface area contributed by atoms with E-state index in [-0.39, 0.29) is 0 Å². The number of imidazole rings is 1. The number of hydrogen-bond donors (Lipinski definition) is 0. The molecule has 6 heteroatoms.